The number of carbonyl (C=O) groups excluding carboxylic acids is 1. The minimum absolute atomic E-state index is 0.164. The molecule has 2 saturated carbocycles. The molecule has 2 fully saturated rings. The number of rotatable bonds is 8. The zero-order valence-corrected chi connectivity index (χ0v) is 15.9. The highest BCUT2D eigenvalue weighted by molar-refractivity contribution is 7.98. The van der Waals surface area contributed by atoms with E-state index in [9.17, 15) is 4.79 Å². The van der Waals surface area contributed by atoms with Crippen LogP contribution in [-0.2, 0) is 6.42 Å². The molecule has 1 N–H and O–H groups in total. The standard InChI is InChI=1S/C18H25N5O2S/c1-26-18-21-20-16(23(18)13-5-2-3-6-13)7-4-10-19-17(24)14-11-15(25-22-14)12-8-9-12/h11-13H,2-10H2,1H3,(H,19,24). The Morgan fingerprint density at radius 3 is 2.85 bits per heavy atom. The zero-order valence-electron chi connectivity index (χ0n) is 15.1. The highest BCUT2D eigenvalue weighted by atomic mass is 32.2. The largest absolute Gasteiger partial charge is 0.360 e. The van der Waals surface area contributed by atoms with Crippen molar-refractivity contribution in [3.8, 4) is 0 Å². The molecule has 8 heteroatoms. The van der Waals surface area contributed by atoms with Crippen LogP contribution in [0.3, 0.4) is 0 Å². The Balaban J connectivity index is 1.29. The maximum Gasteiger partial charge on any atom is 0.273 e. The number of amides is 1. The number of carbonyl (C=O) groups is 1. The van der Waals surface area contributed by atoms with Crippen LogP contribution in [0.25, 0.3) is 0 Å². The summed E-state index contributed by atoms with van der Waals surface area (Å²) < 4.78 is 7.56. The second-order valence-electron chi connectivity index (χ2n) is 7.16. The molecule has 0 atom stereocenters. The molecule has 0 unspecified atom stereocenters. The molecule has 0 bridgehead atoms. The Hall–Kier alpha value is -1.83. The Bertz CT molecular complexity index is 761. The fourth-order valence-electron chi connectivity index (χ4n) is 3.64. The summed E-state index contributed by atoms with van der Waals surface area (Å²) in [7, 11) is 0. The summed E-state index contributed by atoms with van der Waals surface area (Å²) in [6, 6.07) is 2.31. The van der Waals surface area contributed by atoms with Gasteiger partial charge in [-0.25, -0.2) is 0 Å². The van der Waals surface area contributed by atoms with E-state index in [0.29, 0.717) is 24.2 Å². The lowest BCUT2D eigenvalue weighted by atomic mass is 10.2. The van der Waals surface area contributed by atoms with Crippen molar-refractivity contribution in [2.45, 2.75) is 68.5 Å². The monoisotopic (exact) mass is 375 g/mol. The lowest BCUT2D eigenvalue weighted by molar-refractivity contribution is 0.0944. The number of hydrogen-bond donors (Lipinski definition) is 1. The fourth-order valence-corrected chi connectivity index (χ4v) is 4.22. The predicted molar refractivity (Wildman–Crippen MR) is 98.4 cm³/mol. The smallest absolute Gasteiger partial charge is 0.273 e. The summed E-state index contributed by atoms with van der Waals surface area (Å²) in [6.07, 6.45) is 11.0. The van der Waals surface area contributed by atoms with Crippen molar-refractivity contribution >= 4 is 17.7 Å². The molecule has 0 aromatic carbocycles. The van der Waals surface area contributed by atoms with E-state index in [1.54, 1.807) is 17.8 Å². The molecule has 4 rings (SSSR count). The van der Waals surface area contributed by atoms with Gasteiger partial charge in [0.1, 0.15) is 11.6 Å². The van der Waals surface area contributed by atoms with E-state index in [0.717, 1.165) is 42.4 Å². The molecule has 0 aliphatic heterocycles. The first-order valence-corrected chi connectivity index (χ1v) is 10.7. The molecular weight excluding hydrogens is 350 g/mol. The van der Waals surface area contributed by atoms with Crippen LogP contribution in [0.2, 0.25) is 0 Å². The first-order chi connectivity index (χ1) is 12.8. The summed E-state index contributed by atoms with van der Waals surface area (Å²) >= 11 is 1.66. The molecule has 1 amide bonds. The average molecular weight is 375 g/mol. The van der Waals surface area contributed by atoms with E-state index < -0.39 is 0 Å². The van der Waals surface area contributed by atoms with Crippen molar-refractivity contribution in [2.24, 2.45) is 0 Å². The van der Waals surface area contributed by atoms with Gasteiger partial charge in [0.2, 0.25) is 0 Å². The number of aromatic nitrogens is 4. The summed E-state index contributed by atoms with van der Waals surface area (Å²) in [4.78, 5) is 12.2. The molecule has 2 aliphatic carbocycles. The Kier molecular flexibility index (Phi) is 5.28. The Labute approximate surface area is 157 Å². The van der Waals surface area contributed by atoms with Crippen LogP contribution in [0, 0.1) is 0 Å². The van der Waals surface area contributed by atoms with Gasteiger partial charge >= 0.3 is 0 Å². The third-order valence-electron chi connectivity index (χ3n) is 5.21. The van der Waals surface area contributed by atoms with Gasteiger partial charge in [0.25, 0.3) is 5.91 Å². The van der Waals surface area contributed by atoms with Crippen molar-refractivity contribution in [1.82, 2.24) is 25.2 Å². The Morgan fingerprint density at radius 1 is 1.31 bits per heavy atom. The van der Waals surface area contributed by atoms with Gasteiger partial charge in [-0.2, -0.15) is 0 Å². The van der Waals surface area contributed by atoms with Crippen LogP contribution in [0.5, 0.6) is 0 Å². The van der Waals surface area contributed by atoms with Gasteiger partial charge < -0.3 is 14.4 Å². The quantitative estimate of drug-likeness (QED) is 0.562. The average Bonchev–Trinajstić information content (AvgIpc) is 3.09. The van der Waals surface area contributed by atoms with Gasteiger partial charge in [0.05, 0.1) is 0 Å². The number of hydrogen-bond acceptors (Lipinski definition) is 6. The molecule has 7 nitrogen and oxygen atoms in total. The Morgan fingerprint density at radius 2 is 2.12 bits per heavy atom. The van der Waals surface area contributed by atoms with Crippen LogP contribution in [0.4, 0.5) is 0 Å². The highest BCUT2D eigenvalue weighted by Gasteiger charge is 2.29. The van der Waals surface area contributed by atoms with E-state index in [1.807, 2.05) is 6.26 Å². The van der Waals surface area contributed by atoms with E-state index >= 15 is 0 Å². The van der Waals surface area contributed by atoms with Gasteiger partial charge in [0.15, 0.2) is 10.9 Å². The highest BCUT2D eigenvalue weighted by Crippen LogP contribution is 2.40. The van der Waals surface area contributed by atoms with E-state index in [2.05, 4.69) is 25.2 Å². The molecule has 2 aromatic heterocycles. The lowest BCUT2D eigenvalue weighted by Gasteiger charge is -2.16. The molecule has 0 saturated heterocycles. The predicted octanol–water partition coefficient (Wildman–Crippen LogP) is 3.34. The third kappa shape index (κ3) is 3.79. The third-order valence-corrected chi connectivity index (χ3v) is 5.85. The van der Waals surface area contributed by atoms with Crippen LogP contribution < -0.4 is 5.32 Å². The van der Waals surface area contributed by atoms with Gasteiger partial charge in [-0.3, -0.25) is 4.79 Å². The lowest BCUT2D eigenvalue weighted by Crippen LogP contribution is -2.25. The van der Waals surface area contributed by atoms with Crippen molar-refractivity contribution in [3.63, 3.8) is 0 Å². The number of thioether (sulfide) groups is 1. The molecule has 26 heavy (non-hydrogen) atoms. The maximum absolute atomic E-state index is 12.2. The van der Waals surface area contributed by atoms with E-state index in [4.69, 9.17) is 4.52 Å². The van der Waals surface area contributed by atoms with Gasteiger partial charge in [0, 0.05) is 31.0 Å². The number of nitrogens with zero attached hydrogens (tertiary/aromatic N) is 4. The minimum Gasteiger partial charge on any atom is -0.360 e. The van der Waals surface area contributed by atoms with Crippen molar-refractivity contribution in [2.75, 3.05) is 12.8 Å². The van der Waals surface area contributed by atoms with Crippen molar-refractivity contribution in [1.29, 1.82) is 0 Å². The SMILES string of the molecule is CSc1nnc(CCCNC(=O)c2cc(C3CC3)on2)n1C1CCCC1. The van der Waals surface area contributed by atoms with Gasteiger partial charge in [-0.1, -0.05) is 29.8 Å². The maximum atomic E-state index is 12.2. The van der Waals surface area contributed by atoms with E-state index in [-0.39, 0.29) is 5.91 Å². The van der Waals surface area contributed by atoms with Crippen LogP contribution in [0.1, 0.15) is 79.0 Å². The molecule has 2 aromatic rings. The normalized spacial score (nSPS) is 17.7. The zero-order chi connectivity index (χ0) is 17.9. The summed E-state index contributed by atoms with van der Waals surface area (Å²) in [5.74, 6) is 2.18. The second-order valence-corrected chi connectivity index (χ2v) is 7.93. The molecule has 2 aliphatic rings. The molecule has 2 heterocycles. The first-order valence-electron chi connectivity index (χ1n) is 9.49. The van der Waals surface area contributed by atoms with Crippen molar-refractivity contribution < 1.29 is 9.32 Å². The summed E-state index contributed by atoms with van der Waals surface area (Å²) in [5, 5.41) is 16.5. The molecule has 140 valence electrons. The van der Waals surface area contributed by atoms with E-state index in [1.165, 1.54) is 25.7 Å². The van der Waals surface area contributed by atoms with Crippen LogP contribution >= 0.6 is 11.8 Å². The van der Waals surface area contributed by atoms with Crippen molar-refractivity contribution in [3.05, 3.63) is 23.3 Å². The number of aryl methyl sites for hydroxylation is 1. The summed E-state index contributed by atoms with van der Waals surface area (Å²) in [6.45, 7) is 0.594. The number of nitrogens with one attached hydrogen (secondary N) is 1. The summed E-state index contributed by atoms with van der Waals surface area (Å²) in [5.41, 5.74) is 0.380. The van der Waals surface area contributed by atoms with Crippen LogP contribution in [-0.4, -0.2) is 38.6 Å². The van der Waals surface area contributed by atoms with Gasteiger partial charge in [-0.05, 0) is 38.4 Å². The molecule has 0 radical (unpaired) electrons. The van der Waals surface area contributed by atoms with Gasteiger partial charge in [-0.15, -0.1) is 10.2 Å². The molecule has 0 spiro atoms. The topological polar surface area (TPSA) is 85.8 Å². The second kappa shape index (κ2) is 7.82. The fraction of sp³-hybridized carbons (Fsp3) is 0.667. The minimum atomic E-state index is -0.164. The van der Waals surface area contributed by atoms with Crippen LogP contribution in [0.15, 0.2) is 15.7 Å². The molecular formula is C18H25N5O2S. The first kappa shape index (κ1) is 17.6.